The number of nitrogens with one attached hydrogen (secondary N) is 1. The zero-order valence-electron chi connectivity index (χ0n) is 8.71. The van der Waals surface area contributed by atoms with Gasteiger partial charge in [-0.2, -0.15) is 0 Å². The molecule has 0 aliphatic rings. The topological polar surface area (TPSA) is 12.0 Å². The molecule has 2 aromatic rings. The molecule has 1 aromatic heterocycles. The first-order valence-corrected chi connectivity index (χ1v) is 7.29. The van der Waals surface area contributed by atoms with Crippen molar-refractivity contribution in [1.29, 1.82) is 0 Å². The van der Waals surface area contributed by atoms with Gasteiger partial charge in [0.2, 0.25) is 0 Å². The van der Waals surface area contributed by atoms with Gasteiger partial charge in [0.15, 0.2) is 0 Å². The molecule has 1 unspecified atom stereocenters. The molecule has 0 saturated heterocycles. The summed E-state index contributed by atoms with van der Waals surface area (Å²) in [5.74, 6) is 0. The molecule has 0 fully saturated rings. The summed E-state index contributed by atoms with van der Waals surface area (Å²) in [6.07, 6.45) is 0. The van der Waals surface area contributed by atoms with Gasteiger partial charge < -0.3 is 5.32 Å². The Balaban J connectivity index is 2.32. The average molecular weight is 361 g/mol. The van der Waals surface area contributed by atoms with Gasteiger partial charge in [-0.1, -0.05) is 28.1 Å². The van der Waals surface area contributed by atoms with Crippen LogP contribution >= 0.6 is 43.2 Å². The van der Waals surface area contributed by atoms with Crippen LogP contribution in [0, 0.1) is 0 Å². The summed E-state index contributed by atoms with van der Waals surface area (Å²) in [5, 5.41) is 3.34. The van der Waals surface area contributed by atoms with Crippen molar-refractivity contribution in [2.45, 2.75) is 6.04 Å². The van der Waals surface area contributed by atoms with Gasteiger partial charge in [-0.15, -0.1) is 11.3 Å². The van der Waals surface area contributed by atoms with Crippen LogP contribution in [0.15, 0.2) is 44.7 Å². The van der Waals surface area contributed by atoms with Crippen molar-refractivity contribution in [2.75, 3.05) is 7.05 Å². The Labute approximate surface area is 116 Å². The summed E-state index contributed by atoms with van der Waals surface area (Å²) in [7, 11) is 1.99. The average Bonchev–Trinajstić information content (AvgIpc) is 2.69. The van der Waals surface area contributed by atoms with Crippen molar-refractivity contribution in [3.63, 3.8) is 0 Å². The van der Waals surface area contributed by atoms with Crippen LogP contribution in [0.2, 0.25) is 0 Å². The molecule has 0 aliphatic carbocycles. The standard InChI is InChI=1S/C12H11Br2NS/c1-15-12(10-6-7-11(14)16-10)8-2-4-9(13)5-3-8/h2-7,12,15H,1H3. The molecule has 1 heterocycles. The number of hydrogen-bond acceptors (Lipinski definition) is 2. The first kappa shape index (κ1) is 12.3. The van der Waals surface area contributed by atoms with E-state index >= 15 is 0 Å². The maximum atomic E-state index is 3.50. The summed E-state index contributed by atoms with van der Waals surface area (Å²) in [4.78, 5) is 1.32. The smallest absolute Gasteiger partial charge is 0.0702 e. The van der Waals surface area contributed by atoms with Crippen molar-refractivity contribution in [2.24, 2.45) is 0 Å². The monoisotopic (exact) mass is 359 g/mol. The van der Waals surface area contributed by atoms with Crippen LogP contribution < -0.4 is 5.32 Å². The minimum atomic E-state index is 0.268. The molecule has 0 radical (unpaired) electrons. The molecule has 16 heavy (non-hydrogen) atoms. The van der Waals surface area contributed by atoms with E-state index in [4.69, 9.17) is 0 Å². The SMILES string of the molecule is CNC(c1ccc(Br)cc1)c1ccc(Br)s1. The van der Waals surface area contributed by atoms with E-state index in [0.29, 0.717) is 0 Å². The number of rotatable bonds is 3. The Morgan fingerprint density at radius 3 is 2.25 bits per heavy atom. The zero-order valence-corrected chi connectivity index (χ0v) is 12.7. The molecule has 1 N–H and O–H groups in total. The van der Waals surface area contributed by atoms with E-state index < -0.39 is 0 Å². The van der Waals surface area contributed by atoms with E-state index in [1.807, 2.05) is 7.05 Å². The van der Waals surface area contributed by atoms with E-state index in [2.05, 4.69) is 73.6 Å². The van der Waals surface area contributed by atoms with Gasteiger partial charge in [-0.3, -0.25) is 0 Å². The summed E-state index contributed by atoms with van der Waals surface area (Å²) in [6, 6.07) is 12.9. The third-order valence-electron chi connectivity index (χ3n) is 2.37. The summed E-state index contributed by atoms with van der Waals surface area (Å²) in [6.45, 7) is 0. The van der Waals surface area contributed by atoms with Crippen LogP contribution in [0.5, 0.6) is 0 Å². The molecule has 0 bridgehead atoms. The Hall–Kier alpha value is -0.160. The number of thiophene rings is 1. The number of hydrogen-bond donors (Lipinski definition) is 1. The van der Waals surface area contributed by atoms with Crippen molar-refractivity contribution in [3.8, 4) is 0 Å². The van der Waals surface area contributed by atoms with Gasteiger partial charge in [0.05, 0.1) is 9.83 Å². The highest BCUT2D eigenvalue weighted by molar-refractivity contribution is 9.11. The zero-order chi connectivity index (χ0) is 11.5. The molecule has 1 aromatic carbocycles. The van der Waals surface area contributed by atoms with E-state index in [0.717, 1.165) is 4.47 Å². The van der Waals surface area contributed by atoms with Gasteiger partial charge in [-0.05, 0) is 52.8 Å². The number of halogens is 2. The first-order chi connectivity index (χ1) is 7.70. The molecule has 2 rings (SSSR count). The highest BCUT2D eigenvalue weighted by Crippen LogP contribution is 2.31. The molecule has 1 nitrogen and oxygen atoms in total. The van der Waals surface area contributed by atoms with Crippen LogP contribution in [-0.2, 0) is 0 Å². The van der Waals surface area contributed by atoms with Gasteiger partial charge in [0.1, 0.15) is 0 Å². The van der Waals surface area contributed by atoms with Crippen molar-refractivity contribution in [3.05, 3.63) is 55.1 Å². The van der Waals surface area contributed by atoms with Gasteiger partial charge in [-0.25, -0.2) is 0 Å². The Kier molecular flexibility index (Phi) is 4.19. The van der Waals surface area contributed by atoms with Gasteiger partial charge in [0.25, 0.3) is 0 Å². The third kappa shape index (κ3) is 2.74. The highest BCUT2D eigenvalue weighted by Gasteiger charge is 2.13. The molecular formula is C12H11Br2NS. The fraction of sp³-hybridized carbons (Fsp3) is 0.167. The quantitative estimate of drug-likeness (QED) is 0.844. The van der Waals surface area contributed by atoms with E-state index in [9.17, 15) is 0 Å². The molecular weight excluding hydrogens is 350 g/mol. The van der Waals surface area contributed by atoms with Crippen molar-refractivity contribution in [1.82, 2.24) is 5.32 Å². The summed E-state index contributed by atoms with van der Waals surface area (Å²) in [5.41, 5.74) is 1.28. The predicted molar refractivity (Wildman–Crippen MR) is 77.1 cm³/mol. The summed E-state index contributed by atoms with van der Waals surface area (Å²) >= 11 is 8.71. The summed E-state index contributed by atoms with van der Waals surface area (Å²) < 4.78 is 2.28. The number of benzene rings is 1. The maximum absolute atomic E-state index is 3.50. The van der Waals surface area contributed by atoms with E-state index in [-0.39, 0.29) is 6.04 Å². The lowest BCUT2D eigenvalue weighted by molar-refractivity contribution is 0.704. The Morgan fingerprint density at radius 1 is 1.06 bits per heavy atom. The molecule has 0 spiro atoms. The lowest BCUT2D eigenvalue weighted by atomic mass is 10.1. The predicted octanol–water partition coefficient (Wildman–Crippen LogP) is 4.58. The molecule has 4 heteroatoms. The lowest BCUT2D eigenvalue weighted by Gasteiger charge is -2.14. The highest BCUT2D eigenvalue weighted by atomic mass is 79.9. The molecule has 0 amide bonds. The van der Waals surface area contributed by atoms with Crippen molar-refractivity contribution >= 4 is 43.2 Å². The second-order valence-corrected chi connectivity index (χ2v) is 6.83. The lowest BCUT2D eigenvalue weighted by Crippen LogP contribution is -2.16. The third-order valence-corrected chi connectivity index (χ3v) is 4.59. The van der Waals surface area contributed by atoms with Crippen molar-refractivity contribution < 1.29 is 0 Å². The minimum Gasteiger partial charge on any atom is -0.309 e. The normalized spacial score (nSPS) is 12.7. The van der Waals surface area contributed by atoms with Crippen LogP contribution in [0.25, 0.3) is 0 Å². The Bertz CT molecular complexity index is 464. The molecule has 1 atom stereocenters. The van der Waals surface area contributed by atoms with Crippen LogP contribution in [-0.4, -0.2) is 7.05 Å². The molecule has 0 aliphatic heterocycles. The minimum absolute atomic E-state index is 0.268. The van der Waals surface area contributed by atoms with E-state index in [1.165, 1.54) is 14.2 Å². The van der Waals surface area contributed by atoms with Crippen LogP contribution in [0.1, 0.15) is 16.5 Å². The molecule has 0 saturated carbocycles. The molecule has 84 valence electrons. The van der Waals surface area contributed by atoms with Crippen LogP contribution in [0.4, 0.5) is 0 Å². The first-order valence-electron chi connectivity index (χ1n) is 4.88. The van der Waals surface area contributed by atoms with Crippen LogP contribution in [0.3, 0.4) is 0 Å². The second-order valence-electron chi connectivity index (χ2n) is 3.42. The van der Waals surface area contributed by atoms with Gasteiger partial charge in [0, 0.05) is 9.35 Å². The Morgan fingerprint density at radius 2 is 1.75 bits per heavy atom. The fourth-order valence-corrected chi connectivity index (χ4v) is 3.44. The maximum Gasteiger partial charge on any atom is 0.0702 e. The largest absolute Gasteiger partial charge is 0.309 e. The van der Waals surface area contributed by atoms with E-state index in [1.54, 1.807) is 11.3 Å². The fourth-order valence-electron chi connectivity index (χ4n) is 1.61. The van der Waals surface area contributed by atoms with Gasteiger partial charge >= 0.3 is 0 Å². The second kappa shape index (κ2) is 5.45.